The average Bonchev–Trinajstić information content (AvgIpc) is 2.55. The van der Waals surface area contributed by atoms with E-state index in [0.29, 0.717) is 10.7 Å². The predicted molar refractivity (Wildman–Crippen MR) is 110 cm³/mol. The molecule has 3 N–H and O–H groups in total. The molecule has 0 aliphatic carbocycles. The van der Waals surface area contributed by atoms with Crippen molar-refractivity contribution in [2.24, 2.45) is 0 Å². The SMILES string of the molecule is Cc1cc(C)c(NC(=O)CNC(=O)CNc2ccc(Br)cc2Cl)c(C)c1. The lowest BCUT2D eigenvalue weighted by Crippen LogP contribution is -2.36. The second kappa shape index (κ2) is 9.05. The molecule has 0 unspecified atom stereocenters. The van der Waals surface area contributed by atoms with Crippen LogP contribution in [0.4, 0.5) is 11.4 Å². The molecule has 0 aliphatic heterocycles. The highest BCUT2D eigenvalue weighted by Crippen LogP contribution is 2.25. The molecule has 0 bridgehead atoms. The minimum absolute atomic E-state index is 0.0250. The van der Waals surface area contributed by atoms with Crippen molar-refractivity contribution in [3.05, 3.63) is 56.5 Å². The number of halogens is 2. The molecule has 0 heterocycles. The molecule has 26 heavy (non-hydrogen) atoms. The van der Waals surface area contributed by atoms with Crippen LogP contribution in [0.5, 0.6) is 0 Å². The lowest BCUT2D eigenvalue weighted by Gasteiger charge is -2.13. The Morgan fingerprint density at radius 1 is 1.00 bits per heavy atom. The van der Waals surface area contributed by atoms with Gasteiger partial charge in [-0.1, -0.05) is 45.2 Å². The fourth-order valence-electron chi connectivity index (χ4n) is 2.61. The number of nitrogens with one attached hydrogen (secondary N) is 3. The molecule has 138 valence electrons. The van der Waals surface area contributed by atoms with Crippen molar-refractivity contribution < 1.29 is 9.59 Å². The topological polar surface area (TPSA) is 70.2 Å². The number of amides is 2. The number of anilines is 2. The van der Waals surface area contributed by atoms with Crippen LogP contribution in [-0.4, -0.2) is 24.9 Å². The maximum absolute atomic E-state index is 12.1. The molecule has 2 amide bonds. The molecular formula is C19H21BrClN3O2. The van der Waals surface area contributed by atoms with Crippen LogP contribution in [-0.2, 0) is 9.59 Å². The van der Waals surface area contributed by atoms with Gasteiger partial charge >= 0.3 is 0 Å². The number of rotatable bonds is 6. The van der Waals surface area contributed by atoms with Gasteiger partial charge in [-0.25, -0.2) is 0 Å². The zero-order valence-electron chi connectivity index (χ0n) is 14.9. The number of carbonyl (C=O) groups excluding carboxylic acids is 2. The summed E-state index contributed by atoms with van der Waals surface area (Å²) in [6, 6.07) is 9.35. The summed E-state index contributed by atoms with van der Waals surface area (Å²) in [5.41, 5.74) is 4.57. The first-order valence-corrected chi connectivity index (χ1v) is 9.26. The van der Waals surface area contributed by atoms with E-state index in [1.165, 1.54) is 0 Å². The van der Waals surface area contributed by atoms with E-state index in [1.54, 1.807) is 12.1 Å². The molecular weight excluding hydrogens is 418 g/mol. The quantitative estimate of drug-likeness (QED) is 0.633. The van der Waals surface area contributed by atoms with Crippen molar-refractivity contribution in [2.45, 2.75) is 20.8 Å². The van der Waals surface area contributed by atoms with E-state index in [2.05, 4.69) is 31.9 Å². The molecule has 0 fully saturated rings. The van der Waals surface area contributed by atoms with E-state index in [4.69, 9.17) is 11.6 Å². The Morgan fingerprint density at radius 3 is 2.27 bits per heavy atom. The van der Waals surface area contributed by atoms with Crippen molar-refractivity contribution >= 4 is 50.7 Å². The predicted octanol–water partition coefficient (Wildman–Crippen LogP) is 4.19. The van der Waals surface area contributed by atoms with Gasteiger partial charge in [0.2, 0.25) is 11.8 Å². The Balaban J connectivity index is 1.83. The summed E-state index contributed by atoms with van der Waals surface area (Å²) < 4.78 is 0.857. The number of hydrogen-bond acceptors (Lipinski definition) is 3. The summed E-state index contributed by atoms with van der Waals surface area (Å²) in [7, 11) is 0. The minimum Gasteiger partial charge on any atom is -0.375 e. The molecule has 2 rings (SSSR count). The van der Waals surface area contributed by atoms with Crippen LogP contribution in [0.3, 0.4) is 0 Å². The third-order valence-electron chi connectivity index (χ3n) is 3.76. The van der Waals surface area contributed by atoms with Crippen molar-refractivity contribution in [2.75, 3.05) is 23.7 Å². The summed E-state index contributed by atoms with van der Waals surface area (Å²) in [5.74, 6) is -0.563. The third-order valence-corrected chi connectivity index (χ3v) is 4.56. The lowest BCUT2D eigenvalue weighted by molar-refractivity contribution is -0.122. The molecule has 0 spiro atoms. The standard InChI is InChI=1S/C19H21BrClN3O2/c1-11-6-12(2)19(13(3)7-11)24-18(26)10-23-17(25)9-22-16-5-4-14(20)8-15(16)21/h4-8,22H,9-10H2,1-3H3,(H,23,25)(H,24,26). The summed E-state index contributed by atoms with van der Waals surface area (Å²) >= 11 is 9.41. The van der Waals surface area contributed by atoms with Crippen LogP contribution in [0.15, 0.2) is 34.8 Å². The zero-order valence-corrected chi connectivity index (χ0v) is 17.2. The molecule has 5 nitrogen and oxygen atoms in total. The number of benzene rings is 2. The molecule has 0 atom stereocenters. The van der Waals surface area contributed by atoms with Gasteiger partial charge in [-0.05, 0) is 50.1 Å². The van der Waals surface area contributed by atoms with Crippen LogP contribution in [0.25, 0.3) is 0 Å². The Morgan fingerprint density at radius 2 is 1.65 bits per heavy atom. The van der Waals surface area contributed by atoms with Crippen molar-refractivity contribution in [3.63, 3.8) is 0 Å². The summed E-state index contributed by atoms with van der Waals surface area (Å²) in [5, 5.41) is 8.89. The van der Waals surface area contributed by atoms with Gasteiger partial charge in [0.25, 0.3) is 0 Å². The number of aryl methyl sites for hydroxylation is 3. The van der Waals surface area contributed by atoms with E-state index in [9.17, 15) is 9.59 Å². The normalized spacial score (nSPS) is 10.3. The highest BCUT2D eigenvalue weighted by atomic mass is 79.9. The molecule has 2 aromatic carbocycles. The first kappa shape index (κ1) is 20.3. The van der Waals surface area contributed by atoms with Crippen LogP contribution in [0.2, 0.25) is 5.02 Å². The van der Waals surface area contributed by atoms with Crippen molar-refractivity contribution in [1.82, 2.24) is 5.32 Å². The third kappa shape index (κ3) is 5.75. The van der Waals surface area contributed by atoms with Gasteiger partial charge in [0, 0.05) is 10.2 Å². The van der Waals surface area contributed by atoms with E-state index in [0.717, 1.165) is 26.9 Å². The van der Waals surface area contributed by atoms with Gasteiger partial charge in [-0.15, -0.1) is 0 Å². The summed E-state index contributed by atoms with van der Waals surface area (Å²) in [4.78, 5) is 24.0. The molecule has 0 radical (unpaired) electrons. The molecule has 2 aromatic rings. The largest absolute Gasteiger partial charge is 0.375 e. The van der Waals surface area contributed by atoms with Crippen LogP contribution >= 0.6 is 27.5 Å². The first-order chi connectivity index (χ1) is 12.3. The number of hydrogen-bond donors (Lipinski definition) is 3. The second-order valence-electron chi connectivity index (χ2n) is 6.08. The van der Waals surface area contributed by atoms with Crippen LogP contribution in [0, 0.1) is 20.8 Å². The molecule has 0 aliphatic rings. The molecule has 0 saturated heterocycles. The number of carbonyl (C=O) groups is 2. The monoisotopic (exact) mass is 437 g/mol. The maximum Gasteiger partial charge on any atom is 0.243 e. The smallest absolute Gasteiger partial charge is 0.243 e. The molecule has 0 saturated carbocycles. The van der Waals surface area contributed by atoms with Crippen molar-refractivity contribution in [1.29, 1.82) is 0 Å². The maximum atomic E-state index is 12.1. The molecule has 0 aromatic heterocycles. The van der Waals surface area contributed by atoms with E-state index in [1.807, 2.05) is 39.0 Å². The van der Waals surface area contributed by atoms with Crippen molar-refractivity contribution in [3.8, 4) is 0 Å². The fraction of sp³-hybridized carbons (Fsp3) is 0.263. The van der Waals surface area contributed by atoms with E-state index in [-0.39, 0.29) is 24.9 Å². The zero-order chi connectivity index (χ0) is 19.3. The van der Waals surface area contributed by atoms with Gasteiger partial charge in [-0.2, -0.15) is 0 Å². The Bertz CT molecular complexity index is 817. The van der Waals surface area contributed by atoms with Gasteiger partial charge < -0.3 is 16.0 Å². The Kier molecular flexibility index (Phi) is 7.06. The fourth-order valence-corrected chi connectivity index (χ4v) is 3.35. The van der Waals surface area contributed by atoms with E-state index < -0.39 is 0 Å². The summed E-state index contributed by atoms with van der Waals surface area (Å²) in [6.07, 6.45) is 0. The lowest BCUT2D eigenvalue weighted by atomic mass is 10.1. The highest BCUT2D eigenvalue weighted by molar-refractivity contribution is 9.10. The highest BCUT2D eigenvalue weighted by Gasteiger charge is 2.10. The van der Waals surface area contributed by atoms with Gasteiger partial charge in [-0.3, -0.25) is 9.59 Å². The first-order valence-electron chi connectivity index (χ1n) is 8.09. The average molecular weight is 439 g/mol. The van der Waals surface area contributed by atoms with Crippen LogP contribution in [0.1, 0.15) is 16.7 Å². The van der Waals surface area contributed by atoms with Gasteiger partial charge in [0.05, 0.1) is 23.8 Å². The van der Waals surface area contributed by atoms with E-state index >= 15 is 0 Å². The minimum atomic E-state index is -0.295. The second-order valence-corrected chi connectivity index (χ2v) is 7.40. The molecule has 7 heteroatoms. The van der Waals surface area contributed by atoms with Gasteiger partial charge in [0.1, 0.15) is 0 Å². The summed E-state index contributed by atoms with van der Waals surface area (Å²) in [6.45, 7) is 5.83. The van der Waals surface area contributed by atoms with Crippen LogP contribution < -0.4 is 16.0 Å². The Hall–Kier alpha value is -2.05. The Labute approximate surface area is 166 Å². The van der Waals surface area contributed by atoms with Gasteiger partial charge in [0.15, 0.2) is 0 Å².